The Labute approximate surface area is 168 Å². The number of nitrogens with zero attached hydrogens (tertiary/aromatic N) is 1. The van der Waals surface area contributed by atoms with Crippen LogP contribution in [0.15, 0.2) is 18.2 Å². The summed E-state index contributed by atoms with van der Waals surface area (Å²) < 4.78 is 16.1. The Morgan fingerprint density at radius 3 is 2.56 bits per heavy atom. The summed E-state index contributed by atoms with van der Waals surface area (Å²) in [5.41, 5.74) is 0.846. The SMILES string of the molecule is COc1ccc(CNC(=O)COC(=O)CSC(=S)N2CCCC2)cc1OC. The van der Waals surface area contributed by atoms with E-state index in [-0.39, 0.29) is 18.3 Å². The molecule has 0 unspecified atom stereocenters. The fraction of sp³-hybridized carbons (Fsp3) is 0.500. The van der Waals surface area contributed by atoms with E-state index in [1.807, 2.05) is 6.07 Å². The average molecular weight is 413 g/mol. The van der Waals surface area contributed by atoms with E-state index in [9.17, 15) is 9.59 Å². The van der Waals surface area contributed by atoms with Crippen LogP contribution in [0.3, 0.4) is 0 Å². The molecule has 1 aromatic carbocycles. The zero-order chi connectivity index (χ0) is 19.6. The second kappa shape index (κ2) is 11.0. The minimum atomic E-state index is -0.456. The number of hydrogen-bond acceptors (Lipinski definition) is 7. The first-order valence-electron chi connectivity index (χ1n) is 8.58. The van der Waals surface area contributed by atoms with E-state index in [1.165, 1.54) is 11.8 Å². The van der Waals surface area contributed by atoms with E-state index in [2.05, 4.69) is 10.2 Å². The number of carbonyl (C=O) groups excluding carboxylic acids is 2. The highest BCUT2D eigenvalue weighted by atomic mass is 32.2. The van der Waals surface area contributed by atoms with E-state index >= 15 is 0 Å². The third-order valence-electron chi connectivity index (χ3n) is 3.98. The molecule has 0 aromatic heterocycles. The second-order valence-corrected chi connectivity index (χ2v) is 7.48. The number of amides is 1. The molecule has 0 atom stereocenters. The quantitative estimate of drug-likeness (QED) is 0.513. The first-order valence-corrected chi connectivity index (χ1v) is 9.97. The van der Waals surface area contributed by atoms with Crippen LogP contribution in [0, 0.1) is 0 Å². The Bertz CT molecular complexity index is 678. The van der Waals surface area contributed by atoms with E-state index in [0.717, 1.165) is 31.5 Å². The number of methoxy groups -OCH3 is 2. The van der Waals surface area contributed by atoms with Gasteiger partial charge in [-0.1, -0.05) is 30.0 Å². The van der Waals surface area contributed by atoms with Gasteiger partial charge in [-0.05, 0) is 30.5 Å². The lowest BCUT2D eigenvalue weighted by molar-refractivity contribution is -0.145. The van der Waals surface area contributed by atoms with Crippen LogP contribution >= 0.6 is 24.0 Å². The predicted octanol–water partition coefficient (Wildman–Crippen LogP) is 1.98. The number of thioether (sulfide) groups is 1. The van der Waals surface area contributed by atoms with E-state index < -0.39 is 5.97 Å². The van der Waals surface area contributed by atoms with Crippen molar-refractivity contribution in [3.63, 3.8) is 0 Å². The number of thiocarbonyl (C=S) groups is 1. The summed E-state index contributed by atoms with van der Waals surface area (Å²) >= 11 is 6.56. The lowest BCUT2D eigenvalue weighted by Gasteiger charge is -2.17. The highest BCUT2D eigenvalue weighted by Crippen LogP contribution is 2.27. The Morgan fingerprint density at radius 1 is 1.19 bits per heavy atom. The second-order valence-electron chi connectivity index (χ2n) is 5.88. The Kier molecular flexibility index (Phi) is 8.66. The van der Waals surface area contributed by atoms with Gasteiger partial charge in [-0.25, -0.2) is 0 Å². The smallest absolute Gasteiger partial charge is 0.316 e. The van der Waals surface area contributed by atoms with Crippen LogP contribution in [0.4, 0.5) is 0 Å². The molecule has 1 saturated heterocycles. The van der Waals surface area contributed by atoms with E-state index in [4.69, 9.17) is 26.4 Å². The molecular weight excluding hydrogens is 388 g/mol. The Morgan fingerprint density at radius 2 is 1.89 bits per heavy atom. The summed E-state index contributed by atoms with van der Waals surface area (Å²) in [6.07, 6.45) is 2.26. The molecule has 148 valence electrons. The molecule has 0 spiro atoms. The van der Waals surface area contributed by atoms with Gasteiger partial charge in [0.2, 0.25) is 0 Å². The van der Waals surface area contributed by atoms with Gasteiger partial charge in [-0.3, -0.25) is 9.59 Å². The van der Waals surface area contributed by atoms with Gasteiger partial charge in [0.1, 0.15) is 4.32 Å². The van der Waals surface area contributed by atoms with E-state index in [1.54, 1.807) is 26.4 Å². The third kappa shape index (κ3) is 6.91. The van der Waals surface area contributed by atoms with Crippen molar-refractivity contribution < 1.29 is 23.8 Å². The molecule has 1 amide bonds. The van der Waals surface area contributed by atoms with Crippen LogP contribution in [0.5, 0.6) is 11.5 Å². The molecule has 1 N–H and O–H groups in total. The summed E-state index contributed by atoms with van der Waals surface area (Å²) in [6, 6.07) is 5.37. The largest absolute Gasteiger partial charge is 0.493 e. The number of rotatable bonds is 8. The van der Waals surface area contributed by atoms with Crippen molar-refractivity contribution in [2.24, 2.45) is 0 Å². The molecule has 1 aliphatic heterocycles. The highest BCUT2D eigenvalue weighted by molar-refractivity contribution is 8.23. The fourth-order valence-electron chi connectivity index (χ4n) is 2.54. The molecule has 0 radical (unpaired) electrons. The summed E-state index contributed by atoms with van der Waals surface area (Å²) in [5.74, 6) is 0.485. The van der Waals surface area contributed by atoms with Gasteiger partial charge >= 0.3 is 5.97 Å². The maximum absolute atomic E-state index is 11.9. The minimum Gasteiger partial charge on any atom is -0.493 e. The van der Waals surface area contributed by atoms with Crippen LogP contribution in [-0.2, 0) is 20.9 Å². The molecule has 9 heteroatoms. The third-order valence-corrected chi connectivity index (χ3v) is 5.48. The van der Waals surface area contributed by atoms with Gasteiger partial charge < -0.3 is 24.4 Å². The summed E-state index contributed by atoms with van der Waals surface area (Å²) in [4.78, 5) is 25.7. The Balaban J connectivity index is 1.66. The number of ether oxygens (including phenoxy) is 3. The van der Waals surface area contributed by atoms with Crippen molar-refractivity contribution in [1.82, 2.24) is 10.2 Å². The van der Waals surface area contributed by atoms with Crippen LogP contribution in [0.25, 0.3) is 0 Å². The van der Waals surface area contributed by atoms with Gasteiger partial charge in [-0.2, -0.15) is 0 Å². The van der Waals surface area contributed by atoms with Crippen molar-refractivity contribution >= 4 is 40.2 Å². The normalized spacial score (nSPS) is 13.2. The van der Waals surface area contributed by atoms with Crippen molar-refractivity contribution in [1.29, 1.82) is 0 Å². The van der Waals surface area contributed by atoms with Crippen LogP contribution < -0.4 is 14.8 Å². The molecule has 2 rings (SSSR count). The first kappa shape index (κ1) is 21.3. The summed E-state index contributed by atoms with van der Waals surface area (Å²) in [5, 5.41) is 2.70. The van der Waals surface area contributed by atoms with Crippen molar-refractivity contribution in [3.8, 4) is 11.5 Å². The number of hydrogen-bond donors (Lipinski definition) is 1. The molecule has 7 nitrogen and oxygen atoms in total. The number of benzene rings is 1. The van der Waals surface area contributed by atoms with Crippen LogP contribution in [0.2, 0.25) is 0 Å². The lowest BCUT2D eigenvalue weighted by Crippen LogP contribution is -2.29. The Hall–Kier alpha value is -2.00. The standard InChI is InChI=1S/C18H24N2O5S2/c1-23-14-6-5-13(9-15(14)24-2)10-19-16(21)11-25-17(22)12-27-18(26)20-7-3-4-8-20/h5-6,9H,3-4,7-8,10-12H2,1-2H3,(H,19,21). The maximum atomic E-state index is 11.9. The topological polar surface area (TPSA) is 77.1 Å². The molecule has 0 aliphatic carbocycles. The lowest BCUT2D eigenvalue weighted by atomic mass is 10.2. The number of carbonyl (C=O) groups is 2. The molecule has 1 heterocycles. The average Bonchev–Trinajstić information content (AvgIpc) is 3.23. The van der Waals surface area contributed by atoms with Crippen LogP contribution in [0.1, 0.15) is 18.4 Å². The number of nitrogens with one attached hydrogen (secondary N) is 1. The molecular formula is C18H24N2O5S2. The van der Waals surface area contributed by atoms with Crippen molar-refractivity contribution in [2.75, 3.05) is 39.7 Å². The van der Waals surface area contributed by atoms with Crippen molar-refractivity contribution in [3.05, 3.63) is 23.8 Å². The number of likely N-dealkylation sites (tertiary alicyclic amines) is 1. The highest BCUT2D eigenvalue weighted by Gasteiger charge is 2.17. The molecule has 1 fully saturated rings. The first-order chi connectivity index (χ1) is 13.0. The van der Waals surface area contributed by atoms with Crippen LogP contribution in [-0.4, -0.2) is 60.8 Å². The molecule has 27 heavy (non-hydrogen) atoms. The maximum Gasteiger partial charge on any atom is 0.316 e. The zero-order valence-electron chi connectivity index (χ0n) is 15.5. The predicted molar refractivity (Wildman–Crippen MR) is 108 cm³/mol. The van der Waals surface area contributed by atoms with Gasteiger partial charge in [0.15, 0.2) is 18.1 Å². The van der Waals surface area contributed by atoms with Crippen molar-refractivity contribution in [2.45, 2.75) is 19.4 Å². The molecule has 1 aliphatic rings. The fourth-order valence-corrected chi connectivity index (χ4v) is 3.59. The monoisotopic (exact) mass is 412 g/mol. The zero-order valence-corrected chi connectivity index (χ0v) is 17.1. The summed E-state index contributed by atoms with van der Waals surface area (Å²) in [7, 11) is 3.11. The number of esters is 1. The van der Waals surface area contributed by atoms with E-state index in [0.29, 0.717) is 22.4 Å². The molecule has 1 aromatic rings. The van der Waals surface area contributed by atoms with Gasteiger partial charge in [-0.15, -0.1) is 0 Å². The molecule has 0 saturated carbocycles. The van der Waals surface area contributed by atoms with Gasteiger partial charge in [0.25, 0.3) is 5.91 Å². The molecule has 0 bridgehead atoms. The van der Waals surface area contributed by atoms with Gasteiger partial charge in [0.05, 0.1) is 20.0 Å². The summed E-state index contributed by atoms with van der Waals surface area (Å²) in [6.45, 7) is 1.87. The van der Waals surface area contributed by atoms with Gasteiger partial charge in [0, 0.05) is 19.6 Å². The minimum absolute atomic E-state index is 0.109.